The zero-order valence-corrected chi connectivity index (χ0v) is 22.2. The molecule has 2 N–H and O–H groups in total. The Kier molecular flexibility index (Phi) is 7.90. The number of aromatic nitrogens is 4. The van der Waals surface area contributed by atoms with E-state index in [1.807, 2.05) is 6.07 Å². The first-order valence-corrected chi connectivity index (χ1v) is 14.2. The molecule has 0 amide bonds. The molecule has 0 bridgehead atoms. The number of alkyl halides is 2. The van der Waals surface area contributed by atoms with Crippen LogP contribution in [0.1, 0.15) is 50.8 Å². The quantitative estimate of drug-likeness (QED) is 0.464. The minimum absolute atomic E-state index is 0.127. The number of hydrogen-bond acceptors (Lipinski definition) is 8. The van der Waals surface area contributed by atoms with E-state index >= 15 is 0 Å². The molecule has 3 aliphatic rings. The average Bonchev–Trinajstić information content (AvgIpc) is 3.37. The average molecular weight is 542 g/mol. The second-order valence-electron chi connectivity index (χ2n) is 10.9. The number of piperidine rings is 1. The number of halogens is 2. The lowest BCUT2D eigenvalue weighted by molar-refractivity contribution is 0.0571. The summed E-state index contributed by atoms with van der Waals surface area (Å²) in [6, 6.07) is 9.51. The van der Waals surface area contributed by atoms with Crippen molar-refractivity contribution in [3.8, 4) is 5.82 Å². The molecule has 2 saturated heterocycles. The molecule has 11 heteroatoms. The number of morpholine rings is 1. The van der Waals surface area contributed by atoms with Crippen molar-refractivity contribution in [3.05, 3.63) is 36.2 Å². The Morgan fingerprint density at radius 1 is 0.923 bits per heavy atom. The number of nitrogens with one attached hydrogen (secondary N) is 1. The number of aliphatic hydroxyl groups excluding tert-OH is 1. The summed E-state index contributed by atoms with van der Waals surface area (Å²) in [6.45, 7) is 5.40. The monoisotopic (exact) mass is 541 g/mol. The largest absolute Gasteiger partial charge is 0.393 e. The van der Waals surface area contributed by atoms with Gasteiger partial charge in [-0.25, -0.2) is 13.8 Å². The molecular formula is C28H37F2N7O2. The van der Waals surface area contributed by atoms with Crippen molar-refractivity contribution in [2.24, 2.45) is 5.92 Å². The van der Waals surface area contributed by atoms with Crippen LogP contribution in [-0.4, -0.2) is 87.6 Å². The number of aliphatic hydroxyl groups is 1. The summed E-state index contributed by atoms with van der Waals surface area (Å²) in [4.78, 5) is 18.4. The van der Waals surface area contributed by atoms with E-state index in [1.54, 1.807) is 24.3 Å². The van der Waals surface area contributed by atoms with Crippen LogP contribution in [0.5, 0.6) is 0 Å². The fraction of sp³-hybridized carbons (Fsp3) is 0.607. The van der Waals surface area contributed by atoms with E-state index in [2.05, 4.69) is 20.1 Å². The van der Waals surface area contributed by atoms with Crippen LogP contribution in [0.4, 0.5) is 20.5 Å². The highest BCUT2D eigenvalue weighted by Gasteiger charge is 2.29. The highest BCUT2D eigenvalue weighted by atomic mass is 19.3. The summed E-state index contributed by atoms with van der Waals surface area (Å²) < 4.78 is 35.2. The normalized spacial score (nSPS) is 23.5. The second-order valence-corrected chi connectivity index (χ2v) is 10.9. The summed E-state index contributed by atoms with van der Waals surface area (Å²) in [5, 5.41) is 13.3. The molecular weight excluding hydrogens is 504 g/mol. The van der Waals surface area contributed by atoms with Crippen LogP contribution in [0.25, 0.3) is 16.9 Å². The molecule has 1 aromatic carbocycles. The fourth-order valence-electron chi connectivity index (χ4n) is 6.18. The first-order chi connectivity index (χ1) is 19.0. The highest BCUT2D eigenvalue weighted by molar-refractivity contribution is 5.78. The highest BCUT2D eigenvalue weighted by Crippen LogP contribution is 2.30. The van der Waals surface area contributed by atoms with Crippen molar-refractivity contribution < 1.29 is 18.6 Å². The molecule has 210 valence electrons. The molecule has 4 heterocycles. The van der Waals surface area contributed by atoms with Crippen molar-refractivity contribution >= 4 is 22.8 Å². The van der Waals surface area contributed by atoms with E-state index in [9.17, 15) is 13.9 Å². The van der Waals surface area contributed by atoms with Gasteiger partial charge in [0.2, 0.25) is 5.95 Å². The third kappa shape index (κ3) is 5.85. The molecule has 0 spiro atoms. The zero-order valence-electron chi connectivity index (χ0n) is 22.2. The van der Waals surface area contributed by atoms with E-state index in [0.29, 0.717) is 66.9 Å². The van der Waals surface area contributed by atoms with Crippen molar-refractivity contribution in [3.63, 3.8) is 0 Å². The standard InChI is InChI=1S/C28H37F2N7O2/c29-26(30)27-32-22-3-1-2-4-23(22)37(27)25-17-24(36-13-15-39-16-14-36)33-28(34-25)31-18-19-9-11-35(12-10-19)20-5-7-21(38)8-6-20/h1-4,17,19-21,26,38H,5-16,18H2,(H,31,33,34). The van der Waals surface area contributed by atoms with Gasteiger partial charge in [-0.1, -0.05) is 12.1 Å². The van der Waals surface area contributed by atoms with Crippen LogP contribution >= 0.6 is 0 Å². The van der Waals surface area contributed by atoms with Gasteiger partial charge < -0.3 is 25.0 Å². The van der Waals surface area contributed by atoms with Crippen molar-refractivity contribution in [2.75, 3.05) is 56.2 Å². The Bertz CT molecular complexity index is 1250. The van der Waals surface area contributed by atoms with Gasteiger partial charge in [-0.3, -0.25) is 4.57 Å². The molecule has 3 aromatic rings. The number of fused-ring (bicyclic) bond motifs is 1. The number of nitrogens with zero attached hydrogens (tertiary/aromatic N) is 6. The molecule has 0 unspecified atom stereocenters. The molecule has 2 aromatic heterocycles. The van der Waals surface area contributed by atoms with Crippen LogP contribution in [-0.2, 0) is 4.74 Å². The molecule has 9 nitrogen and oxygen atoms in total. The minimum atomic E-state index is -2.74. The first-order valence-electron chi connectivity index (χ1n) is 14.2. The molecule has 1 saturated carbocycles. The third-order valence-electron chi connectivity index (χ3n) is 8.43. The Balaban J connectivity index is 1.21. The van der Waals surface area contributed by atoms with Gasteiger partial charge >= 0.3 is 0 Å². The van der Waals surface area contributed by atoms with Crippen LogP contribution in [0.15, 0.2) is 30.3 Å². The van der Waals surface area contributed by atoms with E-state index in [0.717, 1.165) is 58.2 Å². The maximum absolute atomic E-state index is 14.1. The first kappa shape index (κ1) is 26.3. The molecule has 39 heavy (non-hydrogen) atoms. The van der Waals surface area contributed by atoms with Crippen LogP contribution in [0, 0.1) is 5.92 Å². The number of hydrogen-bond donors (Lipinski definition) is 2. The molecule has 1 aliphatic carbocycles. The minimum Gasteiger partial charge on any atom is -0.393 e. The number of anilines is 2. The maximum Gasteiger partial charge on any atom is 0.296 e. The molecule has 3 fully saturated rings. The number of benzene rings is 1. The third-order valence-corrected chi connectivity index (χ3v) is 8.43. The van der Waals surface area contributed by atoms with Crippen LogP contribution < -0.4 is 10.2 Å². The molecule has 0 atom stereocenters. The fourth-order valence-corrected chi connectivity index (χ4v) is 6.18. The Hall–Kier alpha value is -2.89. The maximum atomic E-state index is 14.1. The van der Waals surface area contributed by atoms with Crippen molar-refractivity contribution in [2.45, 2.75) is 57.1 Å². The number of likely N-dealkylation sites (tertiary alicyclic amines) is 1. The number of ether oxygens (including phenoxy) is 1. The summed E-state index contributed by atoms with van der Waals surface area (Å²) >= 11 is 0. The van der Waals surface area contributed by atoms with E-state index in [-0.39, 0.29) is 11.9 Å². The lowest BCUT2D eigenvalue weighted by Crippen LogP contribution is -2.44. The number of rotatable bonds is 7. The molecule has 2 aliphatic heterocycles. The Labute approximate surface area is 227 Å². The van der Waals surface area contributed by atoms with Crippen molar-refractivity contribution in [1.29, 1.82) is 0 Å². The van der Waals surface area contributed by atoms with Crippen molar-refractivity contribution in [1.82, 2.24) is 24.4 Å². The Morgan fingerprint density at radius 2 is 1.64 bits per heavy atom. The van der Waals surface area contributed by atoms with Gasteiger partial charge in [0.1, 0.15) is 11.6 Å². The summed E-state index contributed by atoms with van der Waals surface area (Å²) in [7, 11) is 0. The lowest BCUT2D eigenvalue weighted by Gasteiger charge is -2.40. The van der Waals surface area contributed by atoms with Gasteiger partial charge in [-0.15, -0.1) is 0 Å². The second kappa shape index (κ2) is 11.7. The predicted molar refractivity (Wildman–Crippen MR) is 146 cm³/mol. The van der Waals surface area contributed by atoms with Gasteiger partial charge in [0.05, 0.1) is 30.4 Å². The van der Waals surface area contributed by atoms with E-state index in [4.69, 9.17) is 14.7 Å². The molecule has 6 rings (SSSR count). The van der Waals surface area contributed by atoms with Gasteiger partial charge in [0.25, 0.3) is 6.43 Å². The Morgan fingerprint density at radius 3 is 2.38 bits per heavy atom. The van der Waals surface area contributed by atoms with E-state index < -0.39 is 6.43 Å². The van der Waals surface area contributed by atoms with Crippen LogP contribution in [0.2, 0.25) is 0 Å². The van der Waals surface area contributed by atoms with Gasteiger partial charge in [-0.2, -0.15) is 9.97 Å². The lowest BCUT2D eigenvalue weighted by atomic mass is 9.89. The predicted octanol–water partition coefficient (Wildman–Crippen LogP) is 4.02. The van der Waals surface area contributed by atoms with Gasteiger partial charge in [0, 0.05) is 31.7 Å². The van der Waals surface area contributed by atoms with Gasteiger partial charge in [-0.05, 0) is 69.7 Å². The summed E-state index contributed by atoms with van der Waals surface area (Å²) in [6.07, 6.45) is 3.28. The van der Waals surface area contributed by atoms with E-state index in [1.165, 1.54) is 4.57 Å². The smallest absolute Gasteiger partial charge is 0.296 e. The summed E-state index contributed by atoms with van der Waals surface area (Å²) in [5.41, 5.74) is 1.10. The number of para-hydroxylation sites is 2. The number of imidazole rings is 1. The SMILES string of the molecule is OC1CCC(N2CCC(CNc3nc(N4CCOCC4)cc(-n4c(C(F)F)nc5ccccc54)n3)CC2)CC1. The topological polar surface area (TPSA) is 91.6 Å². The summed E-state index contributed by atoms with van der Waals surface area (Å²) in [5.74, 6) is 1.68. The van der Waals surface area contributed by atoms with Gasteiger partial charge in [0.15, 0.2) is 5.82 Å². The zero-order chi connectivity index (χ0) is 26.8. The van der Waals surface area contributed by atoms with Crippen LogP contribution in [0.3, 0.4) is 0 Å². The molecule has 0 radical (unpaired) electrons.